The lowest BCUT2D eigenvalue weighted by molar-refractivity contribution is 0.185. The second-order valence-electron chi connectivity index (χ2n) is 6.63. The Kier molecular flexibility index (Phi) is 5.26. The lowest BCUT2D eigenvalue weighted by Crippen LogP contribution is -2.44. The number of piperidine rings is 1. The zero-order chi connectivity index (χ0) is 14.5. The van der Waals surface area contributed by atoms with Gasteiger partial charge in [-0.25, -0.2) is 0 Å². The van der Waals surface area contributed by atoms with Gasteiger partial charge in [-0.3, -0.25) is 4.98 Å². The van der Waals surface area contributed by atoms with Crippen LogP contribution in [-0.4, -0.2) is 35.6 Å². The lowest BCUT2D eigenvalue weighted by Gasteiger charge is -2.35. The van der Waals surface area contributed by atoms with Crippen LogP contribution in [0.15, 0.2) is 18.3 Å². The highest BCUT2D eigenvalue weighted by Crippen LogP contribution is 2.29. The summed E-state index contributed by atoms with van der Waals surface area (Å²) in [5.74, 6) is 0. The minimum Gasteiger partial charge on any atom is -0.306 e. The molecule has 116 valence electrons. The van der Waals surface area contributed by atoms with E-state index in [-0.39, 0.29) is 0 Å². The summed E-state index contributed by atoms with van der Waals surface area (Å²) in [5.41, 5.74) is 2.78. The first kappa shape index (κ1) is 15.0. The first-order chi connectivity index (χ1) is 10.4. The number of fused-ring (bicyclic) bond motifs is 1. The van der Waals surface area contributed by atoms with Crippen LogP contribution in [0.25, 0.3) is 0 Å². The smallest absolute Gasteiger partial charge is 0.0605 e. The Bertz CT molecular complexity index is 438. The number of nitrogens with one attached hydrogen (secondary N) is 1. The number of aromatic nitrogens is 1. The Morgan fingerprint density at radius 1 is 1.29 bits per heavy atom. The quantitative estimate of drug-likeness (QED) is 0.900. The number of pyridine rings is 1. The van der Waals surface area contributed by atoms with Gasteiger partial charge in [0.1, 0.15) is 0 Å². The van der Waals surface area contributed by atoms with Gasteiger partial charge in [-0.2, -0.15) is 0 Å². The molecule has 21 heavy (non-hydrogen) atoms. The van der Waals surface area contributed by atoms with Gasteiger partial charge in [0.2, 0.25) is 0 Å². The Morgan fingerprint density at radius 3 is 2.95 bits per heavy atom. The molecule has 1 N–H and O–H groups in total. The highest BCUT2D eigenvalue weighted by atomic mass is 15.1. The molecule has 0 spiro atoms. The van der Waals surface area contributed by atoms with E-state index < -0.39 is 0 Å². The van der Waals surface area contributed by atoms with Crippen molar-refractivity contribution in [1.29, 1.82) is 0 Å². The molecule has 1 fully saturated rings. The van der Waals surface area contributed by atoms with E-state index in [1.165, 1.54) is 75.8 Å². The van der Waals surface area contributed by atoms with Crippen LogP contribution in [-0.2, 0) is 6.42 Å². The summed E-state index contributed by atoms with van der Waals surface area (Å²) in [6.07, 6.45) is 10.9. The molecule has 0 amide bonds. The molecule has 3 nitrogen and oxygen atoms in total. The first-order valence-corrected chi connectivity index (χ1v) is 8.79. The number of rotatable bonds is 5. The Labute approximate surface area is 129 Å². The van der Waals surface area contributed by atoms with Crippen LogP contribution in [0.3, 0.4) is 0 Å². The SMILES string of the molecule is CCCCN1CCC(NC2CCCc3cccnc32)CC1. The molecule has 2 aliphatic rings. The molecule has 1 aromatic heterocycles. The molecule has 3 heteroatoms. The average molecular weight is 287 g/mol. The number of likely N-dealkylation sites (tertiary alicyclic amines) is 1. The van der Waals surface area contributed by atoms with Gasteiger partial charge in [-0.05, 0) is 69.8 Å². The van der Waals surface area contributed by atoms with Crippen molar-refractivity contribution < 1.29 is 0 Å². The van der Waals surface area contributed by atoms with Crippen molar-refractivity contribution in [3.05, 3.63) is 29.6 Å². The molecule has 2 heterocycles. The van der Waals surface area contributed by atoms with Crippen molar-refractivity contribution in [2.45, 2.75) is 64.0 Å². The molecule has 3 rings (SSSR count). The molecule has 1 aromatic rings. The monoisotopic (exact) mass is 287 g/mol. The van der Waals surface area contributed by atoms with E-state index in [4.69, 9.17) is 0 Å². The third-order valence-corrected chi connectivity index (χ3v) is 5.05. The largest absolute Gasteiger partial charge is 0.306 e. The maximum absolute atomic E-state index is 4.65. The summed E-state index contributed by atoms with van der Waals surface area (Å²) in [6.45, 7) is 6.10. The van der Waals surface area contributed by atoms with E-state index in [9.17, 15) is 0 Å². The molecular formula is C18H29N3. The zero-order valence-corrected chi connectivity index (χ0v) is 13.4. The maximum atomic E-state index is 4.65. The third-order valence-electron chi connectivity index (χ3n) is 5.05. The molecule has 0 aromatic carbocycles. The fourth-order valence-corrected chi connectivity index (χ4v) is 3.76. The van der Waals surface area contributed by atoms with Gasteiger partial charge in [0.25, 0.3) is 0 Å². The molecule has 1 aliphatic heterocycles. The van der Waals surface area contributed by atoms with Gasteiger partial charge in [0.15, 0.2) is 0 Å². The van der Waals surface area contributed by atoms with E-state index in [0.29, 0.717) is 12.1 Å². The van der Waals surface area contributed by atoms with Crippen molar-refractivity contribution in [2.24, 2.45) is 0 Å². The summed E-state index contributed by atoms with van der Waals surface area (Å²) >= 11 is 0. The number of nitrogens with zero attached hydrogens (tertiary/aromatic N) is 2. The number of aryl methyl sites for hydroxylation is 1. The topological polar surface area (TPSA) is 28.2 Å². The highest BCUT2D eigenvalue weighted by molar-refractivity contribution is 5.25. The van der Waals surface area contributed by atoms with Crippen LogP contribution in [0.4, 0.5) is 0 Å². The molecule has 1 atom stereocenters. The van der Waals surface area contributed by atoms with Crippen LogP contribution in [0, 0.1) is 0 Å². The second kappa shape index (κ2) is 7.37. The van der Waals surface area contributed by atoms with E-state index in [1.807, 2.05) is 6.20 Å². The fourth-order valence-electron chi connectivity index (χ4n) is 3.76. The molecule has 1 saturated heterocycles. The summed E-state index contributed by atoms with van der Waals surface area (Å²) < 4.78 is 0. The van der Waals surface area contributed by atoms with Gasteiger partial charge in [-0.1, -0.05) is 19.4 Å². The maximum Gasteiger partial charge on any atom is 0.0605 e. The van der Waals surface area contributed by atoms with Gasteiger partial charge in [0.05, 0.1) is 5.69 Å². The van der Waals surface area contributed by atoms with Crippen molar-refractivity contribution in [2.75, 3.05) is 19.6 Å². The van der Waals surface area contributed by atoms with Crippen LogP contribution in [0.1, 0.15) is 62.7 Å². The molecular weight excluding hydrogens is 258 g/mol. The fraction of sp³-hybridized carbons (Fsp3) is 0.722. The predicted octanol–water partition coefficient (Wildman–Crippen LogP) is 3.31. The van der Waals surface area contributed by atoms with Crippen molar-refractivity contribution >= 4 is 0 Å². The van der Waals surface area contributed by atoms with Gasteiger partial charge >= 0.3 is 0 Å². The van der Waals surface area contributed by atoms with Crippen molar-refractivity contribution in [1.82, 2.24) is 15.2 Å². The number of hydrogen-bond donors (Lipinski definition) is 1. The summed E-state index contributed by atoms with van der Waals surface area (Å²) in [6, 6.07) is 5.50. The summed E-state index contributed by atoms with van der Waals surface area (Å²) in [5, 5.41) is 3.90. The van der Waals surface area contributed by atoms with E-state index in [1.54, 1.807) is 0 Å². The summed E-state index contributed by atoms with van der Waals surface area (Å²) in [4.78, 5) is 7.28. The normalized spacial score (nSPS) is 24.0. The Hall–Kier alpha value is -0.930. The van der Waals surface area contributed by atoms with E-state index in [0.717, 1.165) is 0 Å². The van der Waals surface area contributed by atoms with Crippen LogP contribution >= 0.6 is 0 Å². The van der Waals surface area contributed by atoms with Crippen LogP contribution in [0.2, 0.25) is 0 Å². The van der Waals surface area contributed by atoms with Gasteiger partial charge in [-0.15, -0.1) is 0 Å². The molecule has 1 aliphatic carbocycles. The molecule has 1 unspecified atom stereocenters. The Balaban J connectivity index is 1.52. The average Bonchev–Trinajstić information content (AvgIpc) is 2.55. The lowest BCUT2D eigenvalue weighted by atomic mass is 9.90. The number of hydrogen-bond acceptors (Lipinski definition) is 3. The van der Waals surface area contributed by atoms with Crippen LogP contribution in [0.5, 0.6) is 0 Å². The van der Waals surface area contributed by atoms with E-state index >= 15 is 0 Å². The predicted molar refractivity (Wildman–Crippen MR) is 87.4 cm³/mol. The minimum atomic E-state index is 0.488. The van der Waals surface area contributed by atoms with E-state index in [2.05, 4.69) is 34.3 Å². The standard InChI is InChI=1S/C18H29N3/c1-2-3-12-21-13-9-16(10-14-21)20-17-8-4-6-15-7-5-11-19-18(15)17/h5,7,11,16-17,20H,2-4,6,8-10,12-14H2,1H3. The van der Waals surface area contributed by atoms with Crippen LogP contribution < -0.4 is 5.32 Å². The van der Waals surface area contributed by atoms with Crippen molar-refractivity contribution in [3.8, 4) is 0 Å². The number of unbranched alkanes of at least 4 members (excludes halogenated alkanes) is 1. The molecule has 0 bridgehead atoms. The minimum absolute atomic E-state index is 0.488. The van der Waals surface area contributed by atoms with Gasteiger partial charge < -0.3 is 10.2 Å². The summed E-state index contributed by atoms with van der Waals surface area (Å²) in [7, 11) is 0. The molecule has 0 saturated carbocycles. The highest BCUT2D eigenvalue weighted by Gasteiger charge is 2.26. The Morgan fingerprint density at radius 2 is 2.14 bits per heavy atom. The molecule has 0 radical (unpaired) electrons. The zero-order valence-electron chi connectivity index (χ0n) is 13.4. The third kappa shape index (κ3) is 3.83. The van der Waals surface area contributed by atoms with Crippen molar-refractivity contribution in [3.63, 3.8) is 0 Å². The first-order valence-electron chi connectivity index (χ1n) is 8.79. The second-order valence-corrected chi connectivity index (χ2v) is 6.63. The van der Waals surface area contributed by atoms with Gasteiger partial charge in [0, 0.05) is 18.3 Å².